The number of halogens is 2. The van der Waals surface area contributed by atoms with Crippen molar-refractivity contribution >= 4 is 91.9 Å². The monoisotopic (exact) mass is 1420 g/mol. The van der Waals surface area contributed by atoms with E-state index in [-0.39, 0.29) is 56.2 Å². The second-order valence-electron chi connectivity index (χ2n) is 25.7. The molecule has 5 bridgehead atoms. The third-order valence-corrected chi connectivity index (χ3v) is 18.5. The van der Waals surface area contributed by atoms with Crippen molar-refractivity contribution in [1.82, 2.24) is 29.4 Å². The highest BCUT2D eigenvalue weighted by atomic mass is 35.5. The van der Waals surface area contributed by atoms with E-state index in [4.69, 9.17) is 57.9 Å². The zero-order valence-corrected chi connectivity index (χ0v) is 59.7. The highest BCUT2D eigenvalue weighted by molar-refractivity contribution is 6.31. The van der Waals surface area contributed by atoms with Crippen molar-refractivity contribution in [2.45, 2.75) is 105 Å². The molecule has 2 amide bonds. The Hall–Kier alpha value is -9.95. The van der Waals surface area contributed by atoms with Crippen molar-refractivity contribution in [3.8, 4) is 40.1 Å². The van der Waals surface area contributed by atoms with Crippen LogP contribution >= 0.6 is 23.2 Å². The van der Waals surface area contributed by atoms with Gasteiger partial charge in [0.2, 0.25) is 0 Å². The Bertz CT molecular complexity index is 4520. The predicted molar refractivity (Wildman–Crippen MR) is 389 cm³/mol. The van der Waals surface area contributed by atoms with Crippen LogP contribution in [0.5, 0.6) is 23.0 Å². The number of hydrogen-bond donors (Lipinski definition) is 8. The smallest absolute Gasteiger partial charge is 0.312 e. The summed E-state index contributed by atoms with van der Waals surface area (Å²) in [6.45, 7) is 19.2. The number of Topliss-reactive ketones (excluding diaryl/α,β-unsaturated/α-hetero) is 1. The largest absolute Gasteiger partial charge is 0.507 e. The quantitative estimate of drug-likeness (QED) is 0.0219. The number of hydrazone groups is 1. The number of allylic oxidation sites excluding steroid dienone is 2. The maximum atomic E-state index is 14.4. The summed E-state index contributed by atoms with van der Waals surface area (Å²) in [5.41, 5.74) is 11.3. The summed E-state index contributed by atoms with van der Waals surface area (Å²) in [6.07, 6.45) is 9.08. The molecule has 5 aromatic carbocycles. The van der Waals surface area contributed by atoms with Gasteiger partial charge in [0, 0.05) is 127 Å². The molecule has 26 heteroatoms. The van der Waals surface area contributed by atoms with Crippen LogP contribution in [0.3, 0.4) is 0 Å². The Labute approximate surface area is 595 Å². The highest BCUT2D eigenvalue weighted by Crippen LogP contribution is 2.55. The van der Waals surface area contributed by atoms with Crippen molar-refractivity contribution in [2.24, 2.45) is 39.5 Å². The molecule has 6 aromatic rings. The number of nitrogens with one attached hydrogen (secondary N) is 2. The molecule has 24 nitrogen and oxygen atoms in total. The summed E-state index contributed by atoms with van der Waals surface area (Å²) in [7, 11) is 3.42. The number of methoxy groups -OCH3 is 1. The van der Waals surface area contributed by atoms with Crippen LogP contribution in [0, 0.1) is 30.6 Å². The van der Waals surface area contributed by atoms with Crippen molar-refractivity contribution in [3.63, 3.8) is 0 Å². The molecule has 5 aliphatic heterocycles. The highest BCUT2D eigenvalue weighted by Gasteiger charge is 2.50. The fourth-order valence-corrected chi connectivity index (χ4v) is 12.5. The Morgan fingerprint density at radius 1 is 0.861 bits per heavy atom. The summed E-state index contributed by atoms with van der Waals surface area (Å²) in [5.74, 6) is -8.90. The third-order valence-electron chi connectivity index (χ3n) is 18.0. The van der Waals surface area contributed by atoms with Gasteiger partial charge >= 0.3 is 11.8 Å². The van der Waals surface area contributed by atoms with Crippen molar-refractivity contribution < 1.29 is 63.7 Å². The van der Waals surface area contributed by atoms with Gasteiger partial charge in [-0.1, -0.05) is 81.3 Å². The number of aromatic hydroxyl groups is 3. The molecular formula is C75H85Cl2N11O13. The summed E-state index contributed by atoms with van der Waals surface area (Å²) in [5, 5.41) is 72.6. The first-order valence-electron chi connectivity index (χ1n) is 32.9. The summed E-state index contributed by atoms with van der Waals surface area (Å²) >= 11 is 12.2. The molecular weight excluding hydrogens is 1330 g/mol. The molecule has 0 radical (unpaired) electrons. The number of nitrogens with zero attached hydrogens (tertiary/aromatic N) is 8. The first kappa shape index (κ1) is 75.3. The standard InChI is InChI=1S/C43H58N4O12.C27H22Cl2N4.C5H5N3O/c1-21-12-11-13-22(2)42(55)45-33-28(20-44-47-17-15-46(9)16-18-47)37(52)30-31(38(33)53)36(51)26(6)40-32(30)41(54)43(8,59-40)57-19-14-29(56-10)23(3)39(58-27(7)48)25(5)35(50)24(4)34(21)49;1-17(2)30-24-16-27-25(15-23(24)31-20-11-7-18(28)8-12-20)32-22-5-3-4-6-26(22)33(27)21-13-9-19(29)10-14-21;6-5(9)4-3-7-1-2-8-4/h11-14,19-21,23-25,29,34-35,39,49-53H,15-18H2,1-10H3,(H,45,55);3-17,31H,1-2H3;1-3H,(H2,6,9)/b12-11+,19-14+,22-13-,44-20+;;/t21-,23+,24+,25+,29-,34-,35+,39+,43-;;/m0../s1. The first-order valence-corrected chi connectivity index (χ1v) is 33.7. The number of benzene rings is 6. The molecule has 6 aliphatic rings. The van der Waals surface area contributed by atoms with Gasteiger partial charge in [0.1, 0.15) is 29.0 Å². The molecule has 0 unspecified atom stereocenters. The molecule has 6 heterocycles. The number of aliphatic hydroxyl groups excluding tert-OH is 2. The minimum atomic E-state index is -2.04. The predicted octanol–water partition coefficient (Wildman–Crippen LogP) is 11.4. The lowest BCUT2D eigenvalue weighted by Crippen LogP contribution is -2.46. The van der Waals surface area contributed by atoms with Crippen molar-refractivity contribution in [2.75, 3.05) is 51.0 Å². The number of para-hydroxylation sites is 2. The van der Waals surface area contributed by atoms with Gasteiger partial charge in [-0.3, -0.25) is 34.2 Å². The molecule has 1 fully saturated rings. The normalized spacial score (nSPS) is 23.5. The number of phenolic OH excluding ortho intramolecular Hbond substituents is 3. The summed E-state index contributed by atoms with van der Waals surface area (Å²) in [4.78, 5) is 70.1. The zero-order chi connectivity index (χ0) is 73.3. The second-order valence-corrected chi connectivity index (χ2v) is 26.6. The molecule has 1 aliphatic carbocycles. The number of carbonyl (C=O) groups is 4. The molecule has 9 N–H and O–H groups in total. The van der Waals surface area contributed by atoms with Crippen LogP contribution in [-0.4, -0.2) is 161 Å². The lowest BCUT2D eigenvalue weighted by Gasteiger charge is -2.38. The number of rotatable bonds is 9. The van der Waals surface area contributed by atoms with E-state index < -0.39 is 94.7 Å². The number of amides is 2. The minimum Gasteiger partial charge on any atom is -0.507 e. The number of likely N-dealkylation sites (N-methyl/N-ethyl adjacent to an activating group) is 1. The number of ketones is 1. The maximum Gasteiger partial charge on any atom is 0.312 e. The number of primary amides is 1. The topological polar surface area (TPSA) is 331 Å². The Morgan fingerprint density at radius 3 is 2.16 bits per heavy atom. The van der Waals surface area contributed by atoms with E-state index >= 15 is 0 Å². The van der Waals surface area contributed by atoms with Crippen LogP contribution in [0.2, 0.25) is 10.0 Å². The molecule has 9 atom stereocenters. The number of carbonyl (C=O) groups excluding carboxylic acids is 4. The summed E-state index contributed by atoms with van der Waals surface area (Å²) in [6, 6.07) is 27.9. The fraction of sp³-hybridized carbons (Fsp3) is 0.347. The number of aliphatic hydroxyl groups is 2. The SMILES string of the molecule is CC(C)N=c1cc2n(-c3ccc(Cl)cc3)c3ccccc3nc-2cc1Nc1ccc(Cl)cc1.CO[C@H]1/C=C/O[C@@]2(C)Oc3c(C)c(O)c4c(O)c(c(/C=N/N5CCN(C)CC5)c(O)c4c3C2=O)NC(=O)/C(C)=C\C=C\[C@H](C)[C@H](O)[C@@H](C)[C@@H](O)[C@@H](C)[C@H](OC(C)=O)[C@@H]1C.NC(=O)c1cnccn1. The van der Waals surface area contributed by atoms with Gasteiger partial charge in [0.15, 0.2) is 5.75 Å². The molecule has 0 saturated carbocycles. The molecule has 1 aromatic heterocycles. The average Bonchev–Trinajstić information content (AvgIpc) is 1.62. The molecule has 12 rings (SSSR count). The van der Waals surface area contributed by atoms with E-state index in [2.05, 4.69) is 67.2 Å². The average molecular weight is 1420 g/mol. The van der Waals surface area contributed by atoms with Gasteiger partial charge < -0.3 is 70.3 Å². The second kappa shape index (κ2) is 32.6. The van der Waals surface area contributed by atoms with E-state index in [0.29, 0.717) is 23.1 Å². The van der Waals surface area contributed by atoms with Crippen LogP contribution in [0.1, 0.15) is 94.3 Å². The van der Waals surface area contributed by atoms with Crippen LogP contribution < -0.4 is 26.5 Å². The maximum absolute atomic E-state index is 14.4. The Balaban J connectivity index is 0.000000233. The first-order chi connectivity index (χ1) is 48.0. The molecule has 1 saturated heterocycles. The number of piperazine rings is 1. The fourth-order valence-electron chi connectivity index (χ4n) is 12.2. The van der Waals surface area contributed by atoms with Crippen molar-refractivity contribution in [3.05, 3.63) is 177 Å². The number of hydrogen-bond acceptors (Lipinski definition) is 21. The van der Waals surface area contributed by atoms with Gasteiger partial charge in [0.25, 0.3) is 17.6 Å². The third kappa shape index (κ3) is 17.1. The minimum absolute atomic E-state index is 0.0559. The van der Waals surface area contributed by atoms with E-state index in [1.807, 2.05) is 73.8 Å². The van der Waals surface area contributed by atoms with Gasteiger partial charge in [-0.2, -0.15) is 5.10 Å². The summed E-state index contributed by atoms with van der Waals surface area (Å²) < 4.78 is 25.8. The van der Waals surface area contributed by atoms with Crippen LogP contribution in [0.15, 0.2) is 150 Å². The van der Waals surface area contributed by atoms with Gasteiger partial charge in [-0.05, 0) is 114 Å². The lowest BCUT2D eigenvalue weighted by atomic mass is 9.78. The number of ether oxygens (including phenoxy) is 4. The zero-order valence-electron chi connectivity index (χ0n) is 58.2. The number of nitrogens with two attached hydrogens (primary N) is 1. The Kier molecular flexibility index (Phi) is 24.3. The van der Waals surface area contributed by atoms with Crippen LogP contribution in [-0.2, 0) is 23.8 Å². The van der Waals surface area contributed by atoms with Crippen molar-refractivity contribution in [1.29, 1.82) is 0 Å². The van der Waals surface area contributed by atoms with E-state index in [1.165, 1.54) is 78.0 Å². The number of fused-ring (bicyclic) bond motifs is 16. The van der Waals surface area contributed by atoms with Gasteiger partial charge in [-0.15, -0.1) is 0 Å². The number of phenols is 3. The van der Waals surface area contributed by atoms with Gasteiger partial charge in [-0.25, -0.2) is 9.97 Å². The number of anilines is 3. The molecule has 0 spiro atoms. The molecule has 532 valence electrons. The Morgan fingerprint density at radius 2 is 1.53 bits per heavy atom. The van der Waals surface area contributed by atoms with Gasteiger partial charge in [0.05, 0.1) is 92.7 Å². The van der Waals surface area contributed by atoms with Crippen LogP contribution in [0.4, 0.5) is 17.1 Å². The van der Waals surface area contributed by atoms with E-state index in [1.54, 1.807) is 44.9 Å². The van der Waals surface area contributed by atoms with E-state index in [0.717, 1.165) is 57.9 Å². The number of aromatic nitrogens is 4. The molecule has 101 heavy (non-hydrogen) atoms. The van der Waals surface area contributed by atoms with E-state index in [9.17, 15) is 44.7 Å². The number of esters is 1. The lowest BCUT2D eigenvalue weighted by molar-refractivity contribution is -0.160. The van der Waals surface area contributed by atoms with Crippen LogP contribution in [0.25, 0.3) is 38.9 Å².